The van der Waals surface area contributed by atoms with Crippen LogP contribution in [0, 0.1) is 11.8 Å². The van der Waals surface area contributed by atoms with E-state index in [1.165, 1.54) is 0 Å². The normalized spacial score (nSPS) is 21.3. The molecule has 1 aliphatic rings. The van der Waals surface area contributed by atoms with Gasteiger partial charge in [-0.15, -0.1) is 0 Å². The van der Waals surface area contributed by atoms with Gasteiger partial charge >= 0.3 is 0 Å². The molecule has 146 valence electrons. The quantitative estimate of drug-likeness (QED) is 0.718. The van der Waals surface area contributed by atoms with Crippen molar-refractivity contribution >= 4 is 22.7 Å². The van der Waals surface area contributed by atoms with Crippen LogP contribution < -0.4 is 11.1 Å². The first kappa shape index (κ1) is 19.4. The summed E-state index contributed by atoms with van der Waals surface area (Å²) in [5, 5.41) is 17.9. The molecule has 0 bridgehead atoms. The maximum atomic E-state index is 12.8. The summed E-state index contributed by atoms with van der Waals surface area (Å²) in [6, 6.07) is 6.83. The highest BCUT2D eigenvalue weighted by Gasteiger charge is 2.26. The van der Waals surface area contributed by atoms with Crippen molar-refractivity contribution in [2.75, 3.05) is 0 Å². The fourth-order valence-electron chi connectivity index (χ4n) is 3.88. The van der Waals surface area contributed by atoms with Crippen molar-refractivity contribution in [1.29, 1.82) is 0 Å². The topological polar surface area (TPSA) is 110 Å². The van der Waals surface area contributed by atoms with Crippen LogP contribution in [0.3, 0.4) is 0 Å². The van der Waals surface area contributed by atoms with Gasteiger partial charge in [0.05, 0.1) is 11.6 Å². The summed E-state index contributed by atoms with van der Waals surface area (Å²) in [6.07, 6.45) is 3.41. The number of aliphatic hydroxyl groups is 1. The number of primary amides is 1. The first-order chi connectivity index (χ1) is 12.9. The van der Waals surface area contributed by atoms with E-state index in [0.29, 0.717) is 18.2 Å². The number of aromatic nitrogens is 2. The molecule has 1 aliphatic carbocycles. The van der Waals surface area contributed by atoms with Crippen LogP contribution in [0.15, 0.2) is 24.3 Å². The van der Waals surface area contributed by atoms with Crippen molar-refractivity contribution in [3.8, 4) is 0 Å². The second kappa shape index (κ2) is 8.08. The Balaban J connectivity index is 1.87. The van der Waals surface area contributed by atoms with E-state index in [0.717, 1.165) is 36.6 Å². The summed E-state index contributed by atoms with van der Waals surface area (Å²) in [5.41, 5.74) is 6.59. The van der Waals surface area contributed by atoms with Crippen LogP contribution in [-0.2, 0) is 11.3 Å². The second-order valence-corrected chi connectivity index (χ2v) is 7.83. The van der Waals surface area contributed by atoms with Crippen LogP contribution in [0.25, 0.3) is 10.9 Å². The average molecular weight is 372 g/mol. The molecule has 1 fully saturated rings. The zero-order valence-corrected chi connectivity index (χ0v) is 15.9. The molecule has 3 atom stereocenters. The predicted octanol–water partition coefficient (Wildman–Crippen LogP) is 1.83. The van der Waals surface area contributed by atoms with Gasteiger partial charge in [0.1, 0.15) is 6.04 Å². The van der Waals surface area contributed by atoms with Crippen LogP contribution in [0.1, 0.15) is 50.0 Å². The standard InChI is InChI=1S/C20H28N4O3/c1-12(2)17(19(21)26)22-20(27)18-15-8-3-4-9-16(15)24(23-18)11-13-6-5-7-14(25)10-13/h3-4,8-9,12-14,17,25H,5-7,10-11H2,1-2H3,(H2,21,26)(H,22,27)/t13-,14+,17-/m0/s1. The largest absolute Gasteiger partial charge is 0.393 e. The minimum Gasteiger partial charge on any atom is -0.393 e. The number of nitrogens with one attached hydrogen (secondary N) is 1. The fourth-order valence-corrected chi connectivity index (χ4v) is 3.88. The highest BCUT2D eigenvalue weighted by atomic mass is 16.3. The Labute approximate surface area is 158 Å². The SMILES string of the molecule is CC(C)[C@H](NC(=O)c1nn(C[C@H]2CCC[C@@H](O)C2)c2ccccc12)C(N)=O. The third kappa shape index (κ3) is 4.30. The molecule has 2 amide bonds. The Bertz CT molecular complexity index is 830. The van der Waals surface area contributed by atoms with Gasteiger partial charge in [0.2, 0.25) is 5.91 Å². The van der Waals surface area contributed by atoms with Gasteiger partial charge in [0.15, 0.2) is 5.69 Å². The van der Waals surface area contributed by atoms with Gasteiger partial charge in [-0.1, -0.05) is 38.5 Å². The summed E-state index contributed by atoms with van der Waals surface area (Å²) < 4.78 is 1.85. The van der Waals surface area contributed by atoms with Crippen LogP contribution in [0.2, 0.25) is 0 Å². The first-order valence-electron chi connectivity index (χ1n) is 9.60. The lowest BCUT2D eigenvalue weighted by atomic mass is 9.87. The summed E-state index contributed by atoms with van der Waals surface area (Å²) in [7, 11) is 0. The number of para-hydroxylation sites is 1. The summed E-state index contributed by atoms with van der Waals surface area (Å²) >= 11 is 0. The number of amides is 2. The summed E-state index contributed by atoms with van der Waals surface area (Å²) in [5.74, 6) is -0.727. The zero-order valence-electron chi connectivity index (χ0n) is 15.9. The number of hydrogen-bond acceptors (Lipinski definition) is 4. The maximum Gasteiger partial charge on any atom is 0.273 e. The van der Waals surface area contributed by atoms with Gasteiger partial charge in [0.25, 0.3) is 5.91 Å². The minimum absolute atomic E-state index is 0.108. The van der Waals surface area contributed by atoms with E-state index in [4.69, 9.17) is 5.73 Å². The summed E-state index contributed by atoms with van der Waals surface area (Å²) in [4.78, 5) is 24.4. The third-order valence-corrected chi connectivity index (χ3v) is 5.32. The fraction of sp³-hybridized carbons (Fsp3) is 0.550. The lowest BCUT2D eigenvalue weighted by Crippen LogP contribution is -2.47. The Hall–Kier alpha value is -2.41. The number of carbonyl (C=O) groups is 2. The Morgan fingerprint density at radius 2 is 2.07 bits per heavy atom. The first-order valence-corrected chi connectivity index (χ1v) is 9.60. The van der Waals surface area contributed by atoms with Crippen LogP contribution in [0.4, 0.5) is 0 Å². The number of rotatable bonds is 6. The van der Waals surface area contributed by atoms with Crippen molar-refractivity contribution in [3.05, 3.63) is 30.0 Å². The van der Waals surface area contributed by atoms with E-state index >= 15 is 0 Å². The number of nitrogens with two attached hydrogens (primary N) is 1. The van der Waals surface area contributed by atoms with E-state index in [1.54, 1.807) is 0 Å². The molecule has 2 aromatic rings. The monoisotopic (exact) mass is 372 g/mol. The second-order valence-electron chi connectivity index (χ2n) is 7.83. The molecule has 1 aromatic carbocycles. The predicted molar refractivity (Wildman–Crippen MR) is 103 cm³/mol. The molecular formula is C20H28N4O3. The Kier molecular flexibility index (Phi) is 5.79. The van der Waals surface area contributed by atoms with E-state index in [1.807, 2.05) is 42.8 Å². The number of hydrogen-bond donors (Lipinski definition) is 3. The average Bonchev–Trinajstić information content (AvgIpc) is 2.98. The molecule has 0 unspecified atom stereocenters. The molecule has 1 saturated carbocycles. The molecule has 0 radical (unpaired) electrons. The molecule has 7 nitrogen and oxygen atoms in total. The molecule has 7 heteroatoms. The highest BCUT2D eigenvalue weighted by molar-refractivity contribution is 6.06. The van der Waals surface area contributed by atoms with Crippen molar-refractivity contribution in [3.63, 3.8) is 0 Å². The Morgan fingerprint density at radius 1 is 1.33 bits per heavy atom. The number of carbonyl (C=O) groups excluding carboxylic acids is 2. The van der Waals surface area contributed by atoms with E-state index in [-0.39, 0.29) is 12.0 Å². The smallest absolute Gasteiger partial charge is 0.273 e. The summed E-state index contributed by atoms with van der Waals surface area (Å²) in [6.45, 7) is 4.33. The van der Waals surface area contributed by atoms with E-state index < -0.39 is 17.9 Å². The molecule has 3 rings (SSSR count). The Morgan fingerprint density at radius 3 is 2.74 bits per heavy atom. The minimum atomic E-state index is -0.741. The van der Waals surface area contributed by atoms with Crippen molar-refractivity contribution in [1.82, 2.24) is 15.1 Å². The van der Waals surface area contributed by atoms with Gasteiger partial charge in [-0.25, -0.2) is 0 Å². The van der Waals surface area contributed by atoms with Gasteiger partial charge in [-0.2, -0.15) is 5.10 Å². The van der Waals surface area contributed by atoms with Crippen molar-refractivity contribution in [2.24, 2.45) is 17.6 Å². The van der Waals surface area contributed by atoms with Crippen molar-refractivity contribution in [2.45, 2.75) is 58.2 Å². The van der Waals surface area contributed by atoms with Crippen LogP contribution in [0.5, 0.6) is 0 Å². The third-order valence-electron chi connectivity index (χ3n) is 5.32. The van der Waals surface area contributed by atoms with Gasteiger partial charge < -0.3 is 16.2 Å². The molecular weight excluding hydrogens is 344 g/mol. The number of benzene rings is 1. The molecule has 0 aliphatic heterocycles. The number of nitrogens with zero attached hydrogens (tertiary/aromatic N) is 2. The van der Waals surface area contributed by atoms with Crippen molar-refractivity contribution < 1.29 is 14.7 Å². The molecule has 1 heterocycles. The van der Waals surface area contributed by atoms with Crippen LogP contribution >= 0.6 is 0 Å². The van der Waals surface area contributed by atoms with E-state index in [2.05, 4.69) is 10.4 Å². The highest BCUT2D eigenvalue weighted by Crippen LogP contribution is 2.27. The maximum absolute atomic E-state index is 12.8. The molecule has 27 heavy (non-hydrogen) atoms. The van der Waals surface area contributed by atoms with E-state index in [9.17, 15) is 14.7 Å². The molecule has 1 aromatic heterocycles. The lowest BCUT2D eigenvalue weighted by Gasteiger charge is -2.25. The van der Waals surface area contributed by atoms with Crippen LogP contribution in [-0.4, -0.2) is 38.8 Å². The number of fused-ring (bicyclic) bond motifs is 1. The van der Waals surface area contributed by atoms with Gasteiger partial charge in [-0.05, 0) is 37.2 Å². The number of aliphatic hydroxyl groups excluding tert-OH is 1. The molecule has 4 N–H and O–H groups in total. The van der Waals surface area contributed by atoms with Gasteiger partial charge in [0, 0.05) is 11.9 Å². The van der Waals surface area contributed by atoms with Gasteiger partial charge in [-0.3, -0.25) is 14.3 Å². The zero-order chi connectivity index (χ0) is 19.6. The lowest BCUT2D eigenvalue weighted by molar-refractivity contribution is -0.120. The molecule has 0 saturated heterocycles. The molecule has 0 spiro atoms.